The summed E-state index contributed by atoms with van der Waals surface area (Å²) >= 11 is 19.7. The third kappa shape index (κ3) is 22.1. The van der Waals surface area contributed by atoms with Gasteiger partial charge in [0.15, 0.2) is 17.0 Å². The van der Waals surface area contributed by atoms with Crippen LogP contribution in [-0.4, -0.2) is 188 Å². The van der Waals surface area contributed by atoms with Crippen molar-refractivity contribution in [2.75, 3.05) is 60.8 Å². The standard InChI is InChI=1S/C44H54ClN3O9S.C33H42BrNO9S.C18H19ClN2O3S/c1-8-26-19-44(26,42(52)53)20-34(49)33-16-28(21-48(33)41(51)30(43(4,5)6)17-37(50)57-27-14-24-13-25(24)15-27)56-36-18-31(40-47-32(22-58-40)23(2)3)46-39-29(36)9-10-35(38(39)45)55-12-11-54-7;1-6-21-16-33(21,31(39)42-5)17-28(36)27-14-24(44-45(40,41)25-9-7-22(34)8-10-25)18-35(27)30(38)26(32(2,3)4)15-29(37)43-23-12-19-11-20(19)13-23;1-10(2)13-9-25-18(21-13)12-8-14(22)11-4-5-15(24-7-6-23-3)16(19)17(11)20-12/h8-10,18,22-28,30,33H,1,11-17,19-21H2,2-7H3,(H,52,53);6-10,19-21,23-24,26-27H,1,11-18H2,2-5H3;4-5,8-10H,6-7H2,1-3H3,(H,20,22)/t24-,25+,26-,27?,28-,30?,33+,44-;19-,20+,21-,23?,24+,26-,27+,33-;/m11./s1. The first-order valence-electron chi connectivity index (χ1n) is 43.7. The fourth-order valence-corrected chi connectivity index (χ4v) is 22.1. The van der Waals surface area contributed by atoms with Crippen molar-refractivity contribution >= 4 is 141 Å². The van der Waals surface area contributed by atoms with E-state index in [1.165, 1.54) is 64.6 Å². The van der Waals surface area contributed by atoms with Crippen LogP contribution in [0.1, 0.15) is 182 Å². The zero-order valence-electron chi connectivity index (χ0n) is 74.6. The first-order valence-corrected chi connectivity index (χ1v) is 48.4. The van der Waals surface area contributed by atoms with Crippen LogP contribution < -0.4 is 19.6 Å². The number of carbonyl (C=O) groups is 8. The van der Waals surface area contributed by atoms with Crippen LogP contribution in [0.2, 0.25) is 10.0 Å². The van der Waals surface area contributed by atoms with Gasteiger partial charge in [-0.3, -0.25) is 47.3 Å². The van der Waals surface area contributed by atoms with Gasteiger partial charge in [0.25, 0.3) is 10.1 Å². The molecule has 16 atom stereocenters. The molecule has 2 saturated heterocycles. The Labute approximate surface area is 773 Å². The lowest BCUT2D eigenvalue weighted by Crippen LogP contribution is -2.48. The molecule has 7 aromatic rings. The molecule has 6 heterocycles. The lowest BCUT2D eigenvalue weighted by molar-refractivity contribution is -0.157. The number of aliphatic carboxylic acids is 1. The van der Waals surface area contributed by atoms with Gasteiger partial charge in [0.05, 0.1) is 114 Å². The quantitative estimate of drug-likeness (QED) is 0.0122. The molecule has 3 unspecified atom stereocenters. The number of carbonyl (C=O) groups excluding carboxylic acids is 7. The Hall–Kier alpha value is -8.53. The molecule has 0 bridgehead atoms. The summed E-state index contributed by atoms with van der Waals surface area (Å²) in [7, 11) is 0.227. The Balaban J connectivity index is 0.000000177. The van der Waals surface area contributed by atoms with E-state index in [0.717, 1.165) is 42.1 Å². The highest BCUT2D eigenvalue weighted by atomic mass is 79.9. The Bertz CT molecular complexity index is 5530. The molecule has 2 aliphatic heterocycles. The summed E-state index contributed by atoms with van der Waals surface area (Å²) < 4.78 is 77.7. The first-order chi connectivity index (χ1) is 60.6. The minimum Gasteiger partial charge on any atom is -0.490 e. The van der Waals surface area contributed by atoms with Crippen LogP contribution in [0.5, 0.6) is 17.2 Å². The average molecular weight is 1920 g/mol. The Morgan fingerprint density at radius 3 is 1.56 bits per heavy atom. The molecule has 27 nitrogen and oxygen atoms in total. The average Bonchev–Trinajstić information content (AvgIpc) is 1.57. The fourth-order valence-electron chi connectivity index (χ4n) is 18.3. The summed E-state index contributed by atoms with van der Waals surface area (Å²) in [4.78, 5) is 142. The van der Waals surface area contributed by atoms with Gasteiger partial charge >= 0.3 is 23.9 Å². The number of ether oxygens (including phenoxy) is 8. The van der Waals surface area contributed by atoms with Gasteiger partial charge in [0.1, 0.15) is 74.5 Å². The predicted molar refractivity (Wildman–Crippen MR) is 489 cm³/mol. The number of benzene rings is 3. The summed E-state index contributed by atoms with van der Waals surface area (Å²) in [6.45, 7) is 28.5. The predicted octanol–water partition coefficient (Wildman–Crippen LogP) is 17.4. The first kappa shape index (κ1) is 97.0. The largest absolute Gasteiger partial charge is 0.490 e. The highest BCUT2D eigenvalue weighted by Gasteiger charge is 2.63. The molecule has 8 aliphatic rings. The molecule has 3 aromatic carbocycles. The number of aromatic nitrogens is 4. The minimum atomic E-state index is -4.23. The van der Waals surface area contributed by atoms with E-state index in [9.17, 15) is 56.7 Å². The molecule has 2 amide bonds. The molecule has 33 heteroatoms. The van der Waals surface area contributed by atoms with Gasteiger partial charge in [0.2, 0.25) is 11.8 Å². The number of nitrogens with one attached hydrogen (secondary N) is 1. The van der Waals surface area contributed by atoms with Crippen LogP contribution in [-0.2, 0) is 76.3 Å². The normalized spacial score (nSPS) is 25.2. The number of halogens is 3. The summed E-state index contributed by atoms with van der Waals surface area (Å²) in [5.74, 6) is -1.86. The smallest absolute Gasteiger partial charge is 0.312 e. The number of ketones is 2. The lowest BCUT2D eigenvalue weighted by Gasteiger charge is -2.35. The molecule has 6 aliphatic carbocycles. The number of hydrogen-bond donors (Lipinski definition) is 2. The topological polar surface area (TPSA) is 352 Å². The second kappa shape index (κ2) is 39.9. The van der Waals surface area contributed by atoms with Crippen LogP contribution in [0.15, 0.2) is 111 Å². The van der Waals surface area contributed by atoms with Gasteiger partial charge in [-0.2, -0.15) is 8.42 Å². The summed E-state index contributed by atoms with van der Waals surface area (Å²) in [5.41, 5.74) is 0.330. The third-order valence-corrected chi connectivity index (χ3v) is 30.7. The minimum absolute atomic E-state index is 0.0354. The molecular formula is C95H115BrCl2N6O21S3. The zero-order valence-corrected chi connectivity index (χ0v) is 80.1. The number of allylic oxidation sites excluding steroid dienone is 2. The van der Waals surface area contributed by atoms with Gasteiger partial charge in [0, 0.05) is 84.6 Å². The number of rotatable bonds is 35. The third-order valence-electron chi connectivity index (χ3n) is 26.3. The Morgan fingerprint density at radius 1 is 0.609 bits per heavy atom. The molecule has 128 heavy (non-hydrogen) atoms. The van der Waals surface area contributed by atoms with E-state index < -0.39 is 103 Å². The van der Waals surface area contributed by atoms with E-state index in [1.54, 1.807) is 68.8 Å². The number of carboxylic acids is 1. The van der Waals surface area contributed by atoms with Crippen molar-refractivity contribution in [1.82, 2.24) is 29.7 Å². The van der Waals surface area contributed by atoms with E-state index >= 15 is 0 Å². The van der Waals surface area contributed by atoms with Crippen LogP contribution in [0, 0.1) is 69.0 Å². The summed E-state index contributed by atoms with van der Waals surface area (Å²) in [6.07, 6.45) is 7.05. The number of aromatic amines is 1. The Morgan fingerprint density at radius 2 is 1.09 bits per heavy atom. The number of methoxy groups -OCH3 is 3. The Kier molecular flexibility index (Phi) is 30.2. The molecule has 8 fully saturated rings. The van der Waals surface area contributed by atoms with Crippen LogP contribution in [0.4, 0.5) is 0 Å². The molecule has 0 radical (unpaired) electrons. The van der Waals surface area contributed by atoms with Crippen molar-refractivity contribution in [3.8, 4) is 38.7 Å². The van der Waals surface area contributed by atoms with Crippen molar-refractivity contribution < 1.29 is 94.0 Å². The highest BCUT2D eigenvalue weighted by molar-refractivity contribution is 9.10. The maximum Gasteiger partial charge on any atom is 0.312 e. The maximum atomic E-state index is 14.8. The monoisotopic (exact) mass is 1920 g/mol. The van der Waals surface area contributed by atoms with Gasteiger partial charge in [-0.1, -0.05) is 121 Å². The van der Waals surface area contributed by atoms with E-state index in [0.29, 0.717) is 127 Å². The molecule has 2 N–H and O–H groups in total. The van der Waals surface area contributed by atoms with Crippen LogP contribution in [0.25, 0.3) is 43.2 Å². The van der Waals surface area contributed by atoms with E-state index in [-0.39, 0.29) is 115 Å². The van der Waals surface area contributed by atoms with Crippen molar-refractivity contribution in [2.24, 2.45) is 69.0 Å². The van der Waals surface area contributed by atoms with Crippen LogP contribution >= 0.6 is 61.8 Å². The number of fused-ring (bicyclic) bond motifs is 4. The van der Waals surface area contributed by atoms with E-state index in [2.05, 4.69) is 66.8 Å². The van der Waals surface area contributed by atoms with Crippen molar-refractivity contribution in [3.63, 3.8) is 0 Å². The molecule has 690 valence electrons. The molecule has 6 saturated carbocycles. The molecule has 15 rings (SSSR count). The molecular weight excluding hydrogens is 1810 g/mol. The fraction of sp³-hybridized carbons (Fsp3) is 0.558. The van der Waals surface area contributed by atoms with Gasteiger partial charge in [-0.15, -0.1) is 35.8 Å². The number of pyridine rings is 2. The van der Waals surface area contributed by atoms with Crippen molar-refractivity contribution in [1.29, 1.82) is 0 Å². The van der Waals surface area contributed by atoms with E-state index in [1.807, 2.05) is 58.4 Å². The molecule has 0 spiro atoms. The van der Waals surface area contributed by atoms with E-state index in [4.69, 9.17) is 75.2 Å². The van der Waals surface area contributed by atoms with Gasteiger partial charge < -0.3 is 57.8 Å². The highest BCUT2D eigenvalue weighted by Crippen LogP contribution is 2.59. The number of amides is 2. The number of H-pyrrole nitrogens is 1. The molecule has 4 aromatic heterocycles. The number of carboxylic acid groups (broad SMARTS) is 1. The van der Waals surface area contributed by atoms with Gasteiger partial charge in [-0.25, -0.2) is 15.0 Å². The zero-order chi connectivity index (χ0) is 92.6. The number of esters is 3. The number of hydrogen-bond acceptors (Lipinski definition) is 25. The number of Topliss-reactive ketones (excluding diaryl/α,β-unsaturated/α-hetero) is 2. The van der Waals surface area contributed by atoms with Crippen LogP contribution in [0.3, 0.4) is 0 Å². The maximum absolute atomic E-state index is 14.8. The van der Waals surface area contributed by atoms with Gasteiger partial charge in [-0.05, 0) is 158 Å². The number of nitrogens with zero attached hydrogens (tertiary/aromatic N) is 5. The number of likely N-dealkylation sites (tertiary alicyclic amines) is 2. The SMILES string of the molecule is C=C[C@@H]1C[C@]1(CC(=O)[C@@H]1C[C@@H](Oc2cc(-c3nc(C(C)C)cs3)nc3c(Cl)c(OCCOC)ccc23)CN1C(=O)C(CC(=O)OC1C[C@@H]2C[C@@H]2C1)C(C)(C)C)C(=O)O.C=C[C@@H]1C[C@]1(CC(=O)[C@@H]1C[C@H](OS(=O)(=O)c2ccc(Br)cc2)CN1C(=O)[C@@H](CC(=O)OC1C[C@@H]2C[C@@H]2C1)C(C)(C)C)C(=O)OC.COCCOc1ccc2c(=O)cc(-c3nc(C(C)C)cs3)[nH]c2c1Cl. The second-order valence-electron chi connectivity index (χ2n) is 38.0. The number of thiazole rings is 2. The van der Waals surface area contributed by atoms with Crippen molar-refractivity contribution in [2.45, 2.75) is 212 Å². The summed E-state index contributed by atoms with van der Waals surface area (Å²) in [6, 6.07) is 14.2. The second-order valence-corrected chi connectivity index (χ2v) is 43.0. The summed E-state index contributed by atoms with van der Waals surface area (Å²) in [5, 5.41) is 17.4. The van der Waals surface area contributed by atoms with Crippen molar-refractivity contribution in [3.05, 3.63) is 133 Å². The lowest BCUT2D eigenvalue weighted by atomic mass is 9.77.